The first-order valence-electron chi connectivity index (χ1n) is 16.1. The summed E-state index contributed by atoms with van der Waals surface area (Å²) < 4.78 is 28.1. The number of para-hydroxylation sites is 1. The van der Waals surface area contributed by atoms with Gasteiger partial charge in [-0.25, -0.2) is 18.0 Å². The molecule has 0 unspecified atom stereocenters. The Labute approximate surface area is 286 Å². The smallest absolute Gasteiger partial charge is 0.334 e. The summed E-state index contributed by atoms with van der Waals surface area (Å²) in [6.45, 7) is -0.311. The predicted octanol–water partition coefficient (Wildman–Crippen LogP) is 5.97. The largest absolute Gasteiger partial charge is 0.479 e. The molecule has 0 saturated heterocycles. The third kappa shape index (κ3) is 8.84. The normalized spacial score (nSPS) is 14.0. The first-order valence-corrected chi connectivity index (χ1v) is 17.6. The molecule has 0 radical (unpaired) electrons. The van der Waals surface area contributed by atoms with Crippen LogP contribution in [0.2, 0.25) is 0 Å². The van der Waals surface area contributed by atoms with Crippen molar-refractivity contribution in [2.45, 2.75) is 55.6 Å². The number of anilines is 3. The average molecular weight is 685 g/mol. The SMILES string of the molecule is CN(c1ccccc1)S(=O)(=O)c1cccc(NC(=O)N(Cc2ccc(C(=O)NC[C@@H](O)C(=O)O)cc2)c2ccc(C3CCCCC3)cc2)c1. The van der Waals surface area contributed by atoms with Crippen LogP contribution in [0.15, 0.2) is 108 Å². The fourth-order valence-corrected chi connectivity index (χ4v) is 7.07. The number of aliphatic hydroxyl groups is 1. The van der Waals surface area contributed by atoms with Crippen molar-refractivity contribution in [2.75, 3.05) is 28.1 Å². The molecule has 0 bridgehead atoms. The first kappa shape index (κ1) is 35.1. The monoisotopic (exact) mass is 684 g/mol. The molecule has 3 amide bonds. The van der Waals surface area contributed by atoms with Crippen LogP contribution >= 0.6 is 0 Å². The van der Waals surface area contributed by atoms with Gasteiger partial charge in [0.05, 0.1) is 23.7 Å². The molecule has 0 aliphatic heterocycles. The number of hydrogen-bond acceptors (Lipinski definition) is 6. The predicted molar refractivity (Wildman–Crippen MR) is 188 cm³/mol. The molecule has 4 aromatic rings. The highest BCUT2D eigenvalue weighted by atomic mass is 32.2. The molecule has 4 N–H and O–H groups in total. The molecule has 1 fully saturated rings. The summed E-state index contributed by atoms with van der Waals surface area (Å²) in [5.41, 5.74) is 3.62. The van der Waals surface area contributed by atoms with Gasteiger partial charge in [0.15, 0.2) is 6.10 Å². The van der Waals surface area contributed by atoms with E-state index in [2.05, 4.69) is 22.8 Å². The van der Waals surface area contributed by atoms with Crippen LogP contribution in [0.1, 0.15) is 59.5 Å². The Hall–Kier alpha value is -5.20. The van der Waals surface area contributed by atoms with E-state index in [1.165, 1.54) is 48.3 Å². The molecule has 5 rings (SSSR count). The number of carboxylic acid groups (broad SMARTS) is 1. The van der Waals surface area contributed by atoms with Crippen molar-refractivity contribution in [1.29, 1.82) is 0 Å². The minimum Gasteiger partial charge on any atom is -0.479 e. The summed E-state index contributed by atoms with van der Waals surface area (Å²) in [6, 6.07) is 28.7. The maximum Gasteiger partial charge on any atom is 0.334 e. The summed E-state index contributed by atoms with van der Waals surface area (Å²) >= 11 is 0. The van der Waals surface area contributed by atoms with Gasteiger partial charge in [-0.2, -0.15) is 0 Å². The Morgan fingerprint density at radius 1 is 0.837 bits per heavy atom. The lowest BCUT2D eigenvalue weighted by molar-refractivity contribution is -0.146. The van der Waals surface area contributed by atoms with E-state index in [1.54, 1.807) is 71.6 Å². The van der Waals surface area contributed by atoms with Crippen molar-refractivity contribution in [3.8, 4) is 0 Å². The number of nitrogens with one attached hydrogen (secondary N) is 2. The maximum absolute atomic E-state index is 13.9. The van der Waals surface area contributed by atoms with E-state index in [0.717, 1.165) is 12.8 Å². The molecule has 4 aromatic carbocycles. The fourth-order valence-electron chi connectivity index (χ4n) is 5.83. The number of nitrogens with zero attached hydrogens (tertiary/aromatic N) is 2. The van der Waals surface area contributed by atoms with Gasteiger partial charge in [-0.3, -0.25) is 14.0 Å². The van der Waals surface area contributed by atoms with E-state index in [9.17, 15) is 27.9 Å². The Morgan fingerprint density at radius 3 is 2.16 bits per heavy atom. The second-order valence-corrected chi connectivity index (χ2v) is 14.0. The number of carbonyl (C=O) groups excluding carboxylic acids is 2. The molecule has 1 atom stereocenters. The number of carboxylic acids is 1. The summed E-state index contributed by atoms with van der Waals surface area (Å²) in [5, 5.41) is 23.6. The number of aliphatic hydroxyl groups excluding tert-OH is 1. The van der Waals surface area contributed by atoms with E-state index >= 15 is 0 Å². The standard InChI is InChI=1S/C37H40N4O7S/c1-40(31-12-6-3-7-13-31)49(47,48)33-14-8-11-30(23-33)39-37(46)41(32-21-19-28(20-22-32)27-9-4-2-5-10-27)25-26-15-17-29(18-16-26)35(43)38-24-34(42)36(44)45/h3,6-8,11-23,27,34,42H,2,4-5,9-10,24-25H2,1H3,(H,38,43)(H,39,46)(H,44,45)/t34-/m1/s1. The number of sulfonamides is 1. The van der Waals surface area contributed by atoms with Crippen LogP contribution in [0, 0.1) is 0 Å². The van der Waals surface area contributed by atoms with Crippen LogP contribution in [0.3, 0.4) is 0 Å². The van der Waals surface area contributed by atoms with Crippen LogP contribution in [-0.2, 0) is 21.4 Å². The van der Waals surface area contributed by atoms with Crippen molar-refractivity contribution in [3.05, 3.63) is 120 Å². The summed E-state index contributed by atoms with van der Waals surface area (Å²) in [5.74, 6) is -1.50. The molecule has 0 aromatic heterocycles. The van der Waals surface area contributed by atoms with Crippen molar-refractivity contribution in [1.82, 2.24) is 5.32 Å². The lowest BCUT2D eigenvalue weighted by Gasteiger charge is -2.26. The Morgan fingerprint density at radius 2 is 1.51 bits per heavy atom. The van der Waals surface area contributed by atoms with Crippen molar-refractivity contribution < 1.29 is 33.0 Å². The van der Waals surface area contributed by atoms with Gasteiger partial charge in [0.1, 0.15) is 0 Å². The molecule has 12 heteroatoms. The molecular formula is C37H40N4O7S. The van der Waals surface area contributed by atoms with Gasteiger partial charge < -0.3 is 20.8 Å². The van der Waals surface area contributed by atoms with Crippen molar-refractivity contribution >= 4 is 45.0 Å². The van der Waals surface area contributed by atoms with Gasteiger partial charge in [-0.05, 0) is 84.5 Å². The third-order valence-electron chi connectivity index (χ3n) is 8.69. The second kappa shape index (κ2) is 15.8. The van der Waals surface area contributed by atoms with Crippen molar-refractivity contribution in [3.63, 3.8) is 0 Å². The summed E-state index contributed by atoms with van der Waals surface area (Å²) in [7, 11) is -2.44. The molecule has 256 valence electrons. The summed E-state index contributed by atoms with van der Waals surface area (Å²) in [6.07, 6.45) is 4.20. The molecule has 1 saturated carbocycles. The summed E-state index contributed by atoms with van der Waals surface area (Å²) in [4.78, 5) is 38.8. The zero-order chi connectivity index (χ0) is 35.0. The zero-order valence-electron chi connectivity index (χ0n) is 27.2. The highest BCUT2D eigenvalue weighted by molar-refractivity contribution is 7.92. The zero-order valence-corrected chi connectivity index (χ0v) is 28.0. The molecule has 0 heterocycles. The molecule has 1 aliphatic rings. The minimum absolute atomic E-state index is 0.0183. The molecular weight excluding hydrogens is 644 g/mol. The number of amides is 3. The van der Waals surface area contributed by atoms with E-state index in [4.69, 9.17) is 5.11 Å². The molecule has 1 aliphatic carbocycles. The fraction of sp³-hybridized carbons (Fsp3) is 0.270. The van der Waals surface area contributed by atoms with Crippen LogP contribution in [-0.4, -0.2) is 56.2 Å². The van der Waals surface area contributed by atoms with E-state index in [0.29, 0.717) is 28.5 Å². The van der Waals surface area contributed by atoms with Gasteiger partial charge in [-0.1, -0.05) is 67.8 Å². The van der Waals surface area contributed by atoms with Gasteiger partial charge in [0, 0.05) is 24.0 Å². The highest BCUT2D eigenvalue weighted by Crippen LogP contribution is 2.34. The van der Waals surface area contributed by atoms with Gasteiger partial charge in [0.25, 0.3) is 15.9 Å². The number of aliphatic carboxylic acids is 1. The molecule has 11 nitrogen and oxygen atoms in total. The van der Waals surface area contributed by atoms with Gasteiger partial charge >= 0.3 is 12.0 Å². The molecule has 49 heavy (non-hydrogen) atoms. The number of urea groups is 1. The number of carbonyl (C=O) groups is 3. The van der Waals surface area contributed by atoms with Crippen LogP contribution in [0.5, 0.6) is 0 Å². The topological polar surface area (TPSA) is 156 Å². The van der Waals surface area contributed by atoms with Gasteiger partial charge in [0.2, 0.25) is 0 Å². The lowest BCUT2D eigenvalue weighted by Crippen LogP contribution is -2.36. The average Bonchev–Trinajstić information content (AvgIpc) is 3.13. The Kier molecular flexibility index (Phi) is 11.3. The number of hydrogen-bond donors (Lipinski definition) is 4. The Balaban J connectivity index is 1.37. The third-order valence-corrected chi connectivity index (χ3v) is 10.5. The molecule has 0 spiro atoms. The minimum atomic E-state index is -3.92. The van der Waals surface area contributed by atoms with E-state index in [1.807, 2.05) is 12.1 Å². The number of rotatable bonds is 12. The highest BCUT2D eigenvalue weighted by Gasteiger charge is 2.24. The van der Waals surface area contributed by atoms with Crippen LogP contribution < -0.4 is 19.8 Å². The lowest BCUT2D eigenvalue weighted by atomic mass is 9.84. The Bertz CT molecular complexity index is 1860. The second-order valence-electron chi connectivity index (χ2n) is 12.0. The van der Waals surface area contributed by atoms with E-state index < -0.39 is 40.6 Å². The first-order chi connectivity index (χ1) is 23.5. The quantitative estimate of drug-likeness (QED) is 0.143. The van der Waals surface area contributed by atoms with Crippen LogP contribution in [0.25, 0.3) is 0 Å². The van der Waals surface area contributed by atoms with E-state index in [-0.39, 0.29) is 17.0 Å². The van der Waals surface area contributed by atoms with Crippen molar-refractivity contribution in [2.24, 2.45) is 0 Å². The maximum atomic E-state index is 13.9. The number of benzene rings is 4. The van der Waals surface area contributed by atoms with Crippen LogP contribution in [0.4, 0.5) is 21.9 Å². The van der Waals surface area contributed by atoms with Gasteiger partial charge in [-0.15, -0.1) is 0 Å².